The highest BCUT2D eigenvalue weighted by Crippen LogP contribution is 2.61. The Hall–Kier alpha value is -1.65. The van der Waals surface area contributed by atoms with E-state index in [4.69, 9.17) is 9.47 Å². The molecule has 0 aromatic rings. The number of ketones is 2. The molecule has 182 valence electrons. The van der Waals surface area contributed by atoms with Crippen molar-refractivity contribution in [3.8, 4) is 0 Å². The zero-order valence-corrected chi connectivity index (χ0v) is 18.6. The van der Waals surface area contributed by atoms with Crippen LogP contribution >= 0.6 is 0 Å². The normalized spacial score (nSPS) is 49.6. The average Bonchev–Trinajstić information content (AvgIpc) is 3.03. The largest absolute Gasteiger partial charge is 0.479 e. The van der Waals surface area contributed by atoms with Gasteiger partial charge < -0.3 is 29.9 Å². The summed E-state index contributed by atoms with van der Waals surface area (Å²) in [6, 6.07) is 0. The lowest BCUT2D eigenvalue weighted by Crippen LogP contribution is -2.61. The Morgan fingerprint density at radius 3 is 2.55 bits per heavy atom. The number of aliphatic hydroxyl groups excluding tert-OH is 3. The van der Waals surface area contributed by atoms with E-state index in [2.05, 4.69) is 0 Å². The number of ether oxygens (including phenoxy) is 2. The molecule has 0 spiro atoms. The van der Waals surface area contributed by atoms with E-state index >= 15 is 0 Å². The van der Waals surface area contributed by atoms with Crippen molar-refractivity contribution in [2.45, 2.75) is 88.7 Å². The molecule has 0 amide bonds. The first-order valence-electron chi connectivity index (χ1n) is 12.0. The monoisotopic (exact) mass is 464 g/mol. The van der Waals surface area contributed by atoms with E-state index < -0.39 is 48.2 Å². The molecule has 1 saturated heterocycles. The van der Waals surface area contributed by atoms with Gasteiger partial charge in [-0.1, -0.05) is 12.5 Å². The van der Waals surface area contributed by atoms with Crippen molar-refractivity contribution in [2.75, 3.05) is 0 Å². The zero-order valence-electron chi connectivity index (χ0n) is 18.6. The molecular formula is C24H32O9. The first kappa shape index (κ1) is 23.1. The smallest absolute Gasteiger partial charge is 0.335 e. The molecule has 3 saturated carbocycles. The minimum Gasteiger partial charge on any atom is -0.479 e. The number of allylic oxidation sites excluding steroid dienone is 1. The minimum absolute atomic E-state index is 0.0942. The van der Waals surface area contributed by atoms with Gasteiger partial charge in [0, 0.05) is 24.2 Å². The number of hydrogen-bond donors (Lipinski definition) is 4. The quantitative estimate of drug-likeness (QED) is 0.470. The van der Waals surface area contributed by atoms with Crippen molar-refractivity contribution in [1.82, 2.24) is 0 Å². The van der Waals surface area contributed by atoms with Gasteiger partial charge in [0.1, 0.15) is 24.1 Å². The fourth-order valence-corrected chi connectivity index (χ4v) is 7.45. The summed E-state index contributed by atoms with van der Waals surface area (Å²) in [5.41, 5.74) is 0.659. The number of carboxylic acids is 1. The van der Waals surface area contributed by atoms with Crippen molar-refractivity contribution in [3.05, 3.63) is 11.6 Å². The van der Waals surface area contributed by atoms with Gasteiger partial charge in [-0.3, -0.25) is 9.59 Å². The predicted molar refractivity (Wildman–Crippen MR) is 112 cm³/mol. The molecule has 0 radical (unpaired) electrons. The average molecular weight is 465 g/mol. The van der Waals surface area contributed by atoms with Gasteiger partial charge in [-0.05, 0) is 55.9 Å². The van der Waals surface area contributed by atoms with Crippen LogP contribution in [-0.2, 0) is 23.9 Å². The van der Waals surface area contributed by atoms with Crippen LogP contribution in [0.1, 0.15) is 51.9 Å². The van der Waals surface area contributed by atoms with E-state index in [9.17, 15) is 34.8 Å². The zero-order chi connectivity index (χ0) is 23.7. The predicted octanol–water partition coefficient (Wildman–Crippen LogP) is 0.585. The van der Waals surface area contributed by atoms with E-state index in [0.29, 0.717) is 18.3 Å². The maximum atomic E-state index is 13.1. The molecule has 0 unspecified atom stereocenters. The summed E-state index contributed by atoms with van der Waals surface area (Å²) >= 11 is 0. The number of carboxylic acid groups (broad SMARTS) is 1. The van der Waals surface area contributed by atoms with E-state index in [1.54, 1.807) is 0 Å². The van der Waals surface area contributed by atoms with Crippen LogP contribution in [0.4, 0.5) is 0 Å². The van der Waals surface area contributed by atoms with Crippen LogP contribution in [0.15, 0.2) is 11.6 Å². The van der Waals surface area contributed by atoms with Gasteiger partial charge >= 0.3 is 5.97 Å². The number of aliphatic carboxylic acids is 1. The highest BCUT2D eigenvalue weighted by molar-refractivity contribution is 5.91. The van der Waals surface area contributed by atoms with Gasteiger partial charge in [0.25, 0.3) is 0 Å². The highest BCUT2D eigenvalue weighted by Gasteiger charge is 2.61. The summed E-state index contributed by atoms with van der Waals surface area (Å²) in [5, 5.41) is 39.9. The maximum absolute atomic E-state index is 13.1. The molecule has 4 aliphatic carbocycles. The number of hydrogen-bond acceptors (Lipinski definition) is 8. The number of rotatable bonds is 3. The SMILES string of the molecule is C[C@]12CC[C@H]3[C@@H](CCC4=CC(=O)CC[C@@H]43)[C@@H]1[C@@H](O[C@@H]1O[C@H](C(=O)O)[C@@H](O)[C@H](O)[C@H]1O)CC2=O. The van der Waals surface area contributed by atoms with Crippen molar-refractivity contribution in [2.24, 2.45) is 29.1 Å². The van der Waals surface area contributed by atoms with Crippen LogP contribution in [0.25, 0.3) is 0 Å². The second-order valence-electron chi connectivity index (χ2n) is 10.7. The molecule has 4 N–H and O–H groups in total. The number of carbonyl (C=O) groups is 3. The molecule has 4 fully saturated rings. The Bertz CT molecular complexity index is 883. The Morgan fingerprint density at radius 1 is 1.06 bits per heavy atom. The van der Waals surface area contributed by atoms with Crippen LogP contribution in [0.5, 0.6) is 0 Å². The van der Waals surface area contributed by atoms with Gasteiger partial charge in [0.05, 0.1) is 6.10 Å². The number of fused-ring (bicyclic) bond motifs is 5. The second-order valence-corrected chi connectivity index (χ2v) is 10.7. The Labute approximate surface area is 191 Å². The van der Waals surface area contributed by atoms with Crippen LogP contribution in [0, 0.1) is 29.1 Å². The molecule has 5 aliphatic rings. The third kappa shape index (κ3) is 3.60. The van der Waals surface area contributed by atoms with Gasteiger partial charge in [-0.2, -0.15) is 0 Å². The Balaban J connectivity index is 1.40. The summed E-state index contributed by atoms with van der Waals surface area (Å²) in [5.74, 6) is -0.401. The van der Waals surface area contributed by atoms with E-state index in [0.717, 1.165) is 32.1 Å². The Kier molecular flexibility index (Phi) is 5.77. The summed E-state index contributed by atoms with van der Waals surface area (Å²) in [6.45, 7) is 1.98. The van der Waals surface area contributed by atoms with Crippen molar-refractivity contribution in [3.63, 3.8) is 0 Å². The topological polar surface area (TPSA) is 151 Å². The molecule has 0 aromatic carbocycles. The lowest BCUT2D eigenvalue weighted by Gasteiger charge is -2.53. The summed E-state index contributed by atoms with van der Waals surface area (Å²) in [6.07, 6.45) is -2.29. The molecule has 0 bridgehead atoms. The second kappa shape index (κ2) is 8.23. The summed E-state index contributed by atoms with van der Waals surface area (Å²) < 4.78 is 11.4. The van der Waals surface area contributed by atoms with Gasteiger partial charge in [0.15, 0.2) is 18.2 Å². The standard InChI is InChI=1S/C24H32O9/c1-24-7-6-13-12-5-3-11(25)8-10(12)2-4-14(13)17(24)15(9-16(24)26)32-23-20(29)18(27)19(28)21(33-23)22(30)31/h8,12-15,17-21,23,27-29H,2-7,9H2,1H3,(H,30,31)/t12-,13+,14+,15-,17+,18-,19-,20+,21-,23+,24+/m0/s1. The molecule has 0 aromatic heterocycles. The highest BCUT2D eigenvalue weighted by atomic mass is 16.7. The number of aliphatic hydroxyl groups is 3. The number of Topliss-reactive ketones (excluding diaryl/α,β-unsaturated/α-hetero) is 1. The van der Waals surface area contributed by atoms with Crippen LogP contribution in [-0.4, -0.2) is 74.8 Å². The molecule has 9 nitrogen and oxygen atoms in total. The van der Waals surface area contributed by atoms with Crippen molar-refractivity contribution < 1.29 is 44.3 Å². The number of carbonyl (C=O) groups excluding carboxylic acids is 2. The Morgan fingerprint density at radius 2 is 1.82 bits per heavy atom. The van der Waals surface area contributed by atoms with Crippen molar-refractivity contribution >= 4 is 17.5 Å². The maximum Gasteiger partial charge on any atom is 0.335 e. The third-order valence-electron chi connectivity index (χ3n) is 9.10. The van der Waals surface area contributed by atoms with E-state index in [1.165, 1.54) is 5.57 Å². The summed E-state index contributed by atoms with van der Waals surface area (Å²) in [4.78, 5) is 36.5. The minimum atomic E-state index is -1.79. The van der Waals surface area contributed by atoms with Gasteiger partial charge in [0.2, 0.25) is 0 Å². The fourth-order valence-electron chi connectivity index (χ4n) is 7.45. The van der Waals surface area contributed by atoms with Crippen LogP contribution in [0.2, 0.25) is 0 Å². The lowest BCUT2D eigenvalue weighted by atomic mass is 9.52. The van der Waals surface area contributed by atoms with Crippen LogP contribution < -0.4 is 0 Å². The molecule has 5 rings (SSSR count). The van der Waals surface area contributed by atoms with Gasteiger partial charge in [-0.25, -0.2) is 4.79 Å². The fraction of sp³-hybridized carbons (Fsp3) is 0.792. The molecule has 9 heteroatoms. The first-order chi connectivity index (χ1) is 15.6. The first-order valence-corrected chi connectivity index (χ1v) is 12.0. The molecule has 11 atom stereocenters. The van der Waals surface area contributed by atoms with Crippen LogP contribution in [0.3, 0.4) is 0 Å². The summed E-state index contributed by atoms with van der Waals surface area (Å²) in [7, 11) is 0. The van der Waals surface area contributed by atoms with Gasteiger partial charge in [-0.15, -0.1) is 0 Å². The molecule has 1 heterocycles. The lowest BCUT2D eigenvalue weighted by molar-refractivity contribution is -0.310. The third-order valence-corrected chi connectivity index (χ3v) is 9.10. The molecular weight excluding hydrogens is 432 g/mol. The molecule has 1 aliphatic heterocycles. The van der Waals surface area contributed by atoms with E-state index in [-0.39, 0.29) is 29.8 Å². The molecule has 33 heavy (non-hydrogen) atoms. The van der Waals surface area contributed by atoms with Crippen molar-refractivity contribution in [1.29, 1.82) is 0 Å². The van der Waals surface area contributed by atoms with E-state index in [1.807, 2.05) is 13.0 Å².